The summed E-state index contributed by atoms with van der Waals surface area (Å²) in [4.78, 5) is 17.6. The van der Waals surface area contributed by atoms with Crippen molar-refractivity contribution < 1.29 is 9.53 Å². The molecule has 3 aromatic carbocycles. The Bertz CT molecular complexity index is 1050. The normalized spacial score (nSPS) is 20.2. The zero-order valence-electron chi connectivity index (χ0n) is 18.4. The number of hydrogen-bond acceptors (Lipinski definition) is 4. The van der Waals surface area contributed by atoms with Gasteiger partial charge in [0.2, 0.25) is 0 Å². The molecule has 2 fully saturated rings. The van der Waals surface area contributed by atoms with Gasteiger partial charge in [0.05, 0.1) is 0 Å². The zero-order chi connectivity index (χ0) is 21.9. The minimum absolute atomic E-state index is 0.119. The standard InChI is InChI=1S/C27H29N3O2/c1-29-17-22-15-16-30(26(22)18-29)24-11-9-23(10-12-24)28-27(31)21-7-13-25(14-8-21)32-19-20-5-3-2-4-6-20/h2-14,22,26H,15-19H2,1H3,(H,28,31)/t22-,26+/m0/s1. The van der Waals surface area contributed by atoms with Crippen molar-refractivity contribution in [2.75, 3.05) is 36.9 Å². The molecule has 1 N–H and O–H groups in total. The van der Waals surface area contributed by atoms with Crippen molar-refractivity contribution in [1.29, 1.82) is 0 Å². The lowest BCUT2D eigenvalue weighted by Gasteiger charge is -2.26. The van der Waals surface area contributed by atoms with Crippen molar-refractivity contribution in [3.8, 4) is 5.75 Å². The molecule has 1 amide bonds. The molecule has 0 bridgehead atoms. The van der Waals surface area contributed by atoms with Crippen LogP contribution >= 0.6 is 0 Å². The first-order valence-corrected chi connectivity index (χ1v) is 11.3. The maximum Gasteiger partial charge on any atom is 0.255 e. The van der Waals surface area contributed by atoms with Gasteiger partial charge in [-0.2, -0.15) is 0 Å². The molecule has 164 valence electrons. The van der Waals surface area contributed by atoms with Gasteiger partial charge in [-0.15, -0.1) is 0 Å². The Balaban J connectivity index is 1.17. The predicted molar refractivity (Wildman–Crippen MR) is 128 cm³/mol. The van der Waals surface area contributed by atoms with E-state index < -0.39 is 0 Å². The highest BCUT2D eigenvalue weighted by Gasteiger charge is 2.39. The number of nitrogens with zero attached hydrogens (tertiary/aromatic N) is 2. The molecule has 2 atom stereocenters. The van der Waals surface area contributed by atoms with Crippen molar-refractivity contribution >= 4 is 17.3 Å². The highest BCUT2D eigenvalue weighted by molar-refractivity contribution is 6.04. The van der Waals surface area contributed by atoms with Crippen LogP contribution in [0.3, 0.4) is 0 Å². The summed E-state index contributed by atoms with van der Waals surface area (Å²) in [7, 11) is 2.21. The Kier molecular flexibility index (Phi) is 5.82. The Morgan fingerprint density at radius 1 is 0.969 bits per heavy atom. The molecule has 2 aliphatic heterocycles. The number of rotatable bonds is 6. The first kappa shape index (κ1) is 20.6. The van der Waals surface area contributed by atoms with E-state index in [1.165, 1.54) is 18.7 Å². The van der Waals surface area contributed by atoms with E-state index in [9.17, 15) is 4.79 Å². The predicted octanol–water partition coefficient (Wildman–Crippen LogP) is 4.66. The third kappa shape index (κ3) is 4.48. The van der Waals surface area contributed by atoms with Crippen LogP contribution < -0.4 is 15.0 Å². The second kappa shape index (κ2) is 9.05. The summed E-state index contributed by atoms with van der Waals surface area (Å²) in [6.45, 7) is 3.96. The van der Waals surface area contributed by atoms with Gasteiger partial charge in [-0.25, -0.2) is 0 Å². The molecule has 2 heterocycles. The fourth-order valence-electron chi connectivity index (χ4n) is 4.88. The van der Waals surface area contributed by atoms with E-state index in [4.69, 9.17) is 4.74 Å². The van der Waals surface area contributed by atoms with Gasteiger partial charge in [0.15, 0.2) is 0 Å². The number of benzene rings is 3. The zero-order valence-corrected chi connectivity index (χ0v) is 18.4. The number of nitrogens with one attached hydrogen (secondary N) is 1. The molecule has 32 heavy (non-hydrogen) atoms. The molecule has 0 aromatic heterocycles. The molecule has 0 spiro atoms. The van der Waals surface area contributed by atoms with E-state index in [2.05, 4.69) is 34.3 Å². The molecular weight excluding hydrogens is 398 g/mol. The maximum atomic E-state index is 12.7. The van der Waals surface area contributed by atoms with Crippen LogP contribution in [0.25, 0.3) is 0 Å². The van der Waals surface area contributed by atoms with Crippen LogP contribution in [0.15, 0.2) is 78.9 Å². The first-order chi connectivity index (χ1) is 15.7. The Labute approximate surface area is 189 Å². The van der Waals surface area contributed by atoms with Crippen LogP contribution in [0.4, 0.5) is 11.4 Å². The molecule has 2 saturated heterocycles. The molecule has 3 aromatic rings. The Morgan fingerprint density at radius 2 is 1.72 bits per heavy atom. The molecule has 5 rings (SSSR count). The van der Waals surface area contributed by atoms with E-state index >= 15 is 0 Å². The van der Waals surface area contributed by atoms with Crippen molar-refractivity contribution in [2.45, 2.75) is 19.1 Å². The number of likely N-dealkylation sites (tertiary alicyclic amines) is 1. The minimum atomic E-state index is -0.119. The quantitative estimate of drug-likeness (QED) is 0.622. The van der Waals surface area contributed by atoms with E-state index in [0.717, 1.165) is 36.0 Å². The fourth-order valence-corrected chi connectivity index (χ4v) is 4.88. The lowest BCUT2D eigenvalue weighted by molar-refractivity contribution is 0.102. The van der Waals surface area contributed by atoms with Gasteiger partial charge in [-0.1, -0.05) is 30.3 Å². The largest absolute Gasteiger partial charge is 0.489 e. The maximum absolute atomic E-state index is 12.7. The molecule has 0 radical (unpaired) electrons. The summed E-state index contributed by atoms with van der Waals surface area (Å²) < 4.78 is 5.80. The number of amides is 1. The van der Waals surface area contributed by atoms with Crippen LogP contribution in [0.1, 0.15) is 22.3 Å². The van der Waals surface area contributed by atoms with Gasteiger partial charge in [-0.05, 0) is 73.5 Å². The van der Waals surface area contributed by atoms with Gasteiger partial charge < -0.3 is 19.9 Å². The lowest BCUT2D eigenvalue weighted by Crippen LogP contribution is -2.34. The number of carbonyl (C=O) groups is 1. The van der Waals surface area contributed by atoms with Crippen molar-refractivity contribution in [3.05, 3.63) is 90.0 Å². The summed E-state index contributed by atoms with van der Waals surface area (Å²) in [6.07, 6.45) is 1.26. The van der Waals surface area contributed by atoms with Crippen LogP contribution in [-0.2, 0) is 6.61 Å². The van der Waals surface area contributed by atoms with Crippen molar-refractivity contribution in [3.63, 3.8) is 0 Å². The van der Waals surface area contributed by atoms with Crippen LogP contribution in [0.5, 0.6) is 5.75 Å². The number of likely N-dealkylation sites (N-methyl/N-ethyl adjacent to an activating group) is 1. The number of fused-ring (bicyclic) bond motifs is 1. The van der Waals surface area contributed by atoms with E-state index in [1.807, 2.05) is 54.6 Å². The van der Waals surface area contributed by atoms with Crippen molar-refractivity contribution in [2.24, 2.45) is 5.92 Å². The number of anilines is 2. The van der Waals surface area contributed by atoms with Crippen LogP contribution in [0, 0.1) is 5.92 Å². The average Bonchev–Trinajstić information content (AvgIpc) is 3.38. The molecule has 2 aliphatic rings. The highest BCUT2D eigenvalue weighted by Crippen LogP contribution is 2.34. The molecule has 5 nitrogen and oxygen atoms in total. The summed E-state index contributed by atoms with van der Waals surface area (Å²) in [5.41, 5.74) is 3.77. The van der Waals surface area contributed by atoms with Gasteiger partial charge in [0.25, 0.3) is 5.91 Å². The van der Waals surface area contributed by atoms with Gasteiger partial charge in [-0.3, -0.25) is 4.79 Å². The van der Waals surface area contributed by atoms with Gasteiger partial charge >= 0.3 is 0 Å². The monoisotopic (exact) mass is 427 g/mol. The third-order valence-corrected chi connectivity index (χ3v) is 6.55. The molecule has 5 heteroatoms. The smallest absolute Gasteiger partial charge is 0.255 e. The number of carbonyl (C=O) groups excluding carboxylic acids is 1. The van der Waals surface area contributed by atoms with E-state index in [1.54, 1.807) is 12.1 Å². The topological polar surface area (TPSA) is 44.8 Å². The minimum Gasteiger partial charge on any atom is -0.489 e. The first-order valence-electron chi connectivity index (χ1n) is 11.3. The van der Waals surface area contributed by atoms with Gasteiger partial charge in [0.1, 0.15) is 12.4 Å². The van der Waals surface area contributed by atoms with E-state index in [-0.39, 0.29) is 5.91 Å². The SMILES string of the molecule is CN1C[C@@H]2CCN(c3ccc(NC(=O)c4ccc(OCc5ccccc5)cc4)cc3)[C@@H]2C1. The molecule has 0 aliphatic carbocycles. The highest BCUT2D eigenvalue weighted by atomic mass is 16.5. The van der Waals surface area contributed by atoms with E-state index in [0.29, 0.717) is 18.2 Å². The Morgan fingerprint density at radius 3 is 2.47 bits per heavy atom. The van der Waals surface area contributed by atoms with Crippen LogP contribution in [0.2, 0.25) is 0 Å². The fraction of sp³-hybridized carbons (Fsp3) is 0.296. The second-order valence-corrected chi connectivity index (χ2v) is 8.83. The Hall–Kier alpha value is -3.31. The third-order valence-electron chi connectivity index (χ3n) is 6.55. The van der Waals surface area contributed by atoms with Gasteiger partial charge in [0, 0.05) is 42.6 Å². The summed E-state index contributed by atoms with van der Waals surface area (Å²) in [5, 5.41) is 3.00. The second-order valence-electron chi connectivity index (χ2n) is 8.83. The molecule has 0 saturated carbocycles. The van der Waals surface area contributed by atoms with Crippen molar-refractivity contribution in [1.82, 2.24) is 4.90 Å². The number of hydrogen-bond donors (Lipinski definition) is 1. The summed E-state index contributed by atoms with van der Waals surface area (Å²) >= 11 is 0. The summed E-state index contributed by atoms with van der Waals surface area (Å²) in [5.74, 6) is 1.40. The summed E-state index contributed by atoms with van der Waals surface area (Å²) in [6, 6.07) is 26.2. The number of ether oxygens (including phenoxy) is 1. The van der Waals surface area contributed by atoms with Crippen LogP contribution in [-0.4, -0.2) is 43.5 Å². The average molecular weight is 428 g/mol. The molecule has 0 unspecified atom stereocenters. The lowest BCUT2D eigenvalue weighted by atomic mass is 10.0. The molecular formula is C27H29N3O2.